The number of halogens is 1. The fraction of sp³-hybridized carbons (Fsp3) is 0.389. The summed E-state index contributed by atoms with van der Waals surface area (Å²) in [5.74, 6) is 0.310. The number of rotatable bonds is 6. The van der Waals surface area contributed by atoms with Crippen molar-refractivity contribution >= 4 is 29.2 Å². The minimum atomic E-state index is -0.687. The van der Waals surface area contributed by atoms with Gasteiger partial charge in [0.25, 0.3) is 5.91 Å². The van der Waals surface area contributed by atoms with Crippen molar-refractivity contribution < 1.29 is 23.8 Å². The molecule has 0 atom stereocenters. The number of esters is 1. The molecule has 0 spiro atoms. The zero-order valence-electron chi connectivity index (χ0n) is 15.2. The van der Waals surface area contributed by atoms with E-state index in [4.69, 9.17) is 25.8 Å². The third kappa shape index (κ3) is 4.33. The van der Waals surface area contributed by atoms with Crippen LogP contribution in [-0.4, -0.2) is 35.1 Å². The molecular weight excluding hydrogens is 374 g/mol. The molecule has 0 fully saturated rings. The van der Waals surface area contributed by atoms with Gasteiger partial charge in [-0.3, -0.25) is 9.48 Å². The number of ether oxygens (including phenoxy) is 3. The van der Waals surface area contributed by atoms with Gasteiger partial charge in [-0.15, -0.1) is 0 Å². The highest BCUT2D eigenvalue weighted by Gasteiger charge is 2.23. The van der Waals surface area contributed by atoms with Crippen molar-refractivity contribution in [2.45, 2.75) is 27.3 Å². The molecule has 0 saturated heterocycles. The van der Waals surface area contributed by atoms with Gasteiger partial charge in [-0.1, -0.05) is 25.4 Å². The highest BCUT2D eigenvalue weighted by molar-refractivity contribution is 6.32. The van der Waals surface area contributed by atoms with Crippen LogP contribution in [0.3, 0.4) is 0 Å². The molecule has 9 heteroatoms. The van der Waals surface area contributed by atoms with Crippen LogP contribution in [0.1, 0.15) is 29.9 Å². The minimum absolute atomic E-state index is 0.148. The first-order valence-electron chi connectivity index (χ1n) is 8.44. The van der Waals surface area contributed by atoms with Gasteiger partial charge in [-0.05, 0) is 25.0 Å². The maximum atomic E-state index is 12.3. The highest BCUT2D eigenvalue weighted by Crippen LogP contribution is 2.34. The number of amides is 1. The van der Waals surface area contributed by atoms with E-state index in [1.165, 1.54) is 0 Å². The summed E-state index contributed by atoms with van der Waals surface area (Å²) >= 11 is 6.24. The van der Waals surface area contributed by atoms with Crippen molar-refractivity contribution in [2.24, 2.45) is 5.92 Å². The summed E-state index contributed by atoms with van der Waals surface area (Å²) in [7, 11) is 0. The number of fused-ring (bicyclic) bond motifs is 1. The topological polar surface area (TPSA) is 91.7 Å². The van der Waals surface area contributed by atoms with Gasteiger partial charge in [0.1, 0.15) is 10.7 Å². The Bertz CT molecular complexity index is 878. The molecular formula is C18H20ClN3O5. The number of hydrogen-bond donors (Lipinski definition) is 1. The van der Waals surface area contributed by atoms with E-state index in [0.717, 1.165) is 0 Å². The van der Waals surface area contributed by atoms with Crippen LogP contribution in [-0.2, 0) is 16.1 Å². The number of nitrogens with zero attached hydrogens (tertiary/aromatic N) is 2. The summed E-state index contributed by atoms with van der Waals surface area (Å²) in [6, 6.07) is 5.00. The van der Waals surface area contributed by atoms with Crippen LogP contribution in [0.15, 0.2) is 18.2 Å². The second-order valence-electron chi connectivity index (χ2n) is 6.52. The number of anilines is 1. The average Bonchev–Trinajstić information content (AvgIpc) is 3.16. The normalized spacial score (nSPS) is 12.3. The van der Waals surface area contributed by atoms with Gasteiger partial charge in [0.05, 0.1) is 5.69 Å². The van der Waals surface area contributed by atoms with E-state index in [2.05, 4.69) is 10.4 Å². The number of aryl methyl sites for hydroxylation is 1. The predicted molar refractivity (Wildman–Crippen MR) is 98.3 cm³/mol. The van der Waals surface area contributed by atoms with Gasteiger partial charge in [-0.25, -0.2) is 4.79 Å². The van der Waals surface area contributed by atoms with Gasteiger partial charge in [0, 0.05) is 18.3 Å². The molecule has 1 aliphatic rings. The molecule has 2 aromatic rings. The highest BCUT2D eigenvalue weighted by atomic mass is 35.5. The Kier molecular flexibility index (Phi) is 5.55. The van der Waals surface area contributed by atoms with Gasteiger partial charge < -0.3 is 19.5 Å². The minimum Gasteiger partial charge on any atom is -0.454 e. The molecule has 27 heavy (non-hydrogen) atoms. The molecule has 0 aliphatic carbocycles. The fourth-order valence-corrected chi connectivity index (χ4v) is 2.95. The van der Waals surface area contributed by atoms with Crippen molar-refractivity contribution in [3.63, 3.8) is 0 Å². The van der Waals surface area contributed by atoms with Crippen LogP contribution < -0.4 is 14.8 Å². The molecule has 1 aliphatic heterocycles. The monoisotopic (exact) mass is 393 g/mol. The maximum absolute atomic E-state index is 12.3. The van der Waals surface area contributed by atoms with Crippen LogP contribution in [0.5, 0.6) is 11.5 Å². The van der Waals surface area contributed by atoms with Crippen LogP contribution in [0.2, 0.25) is 5.15 Å². The zero-order chi connectivity index (χ0) is 19.6. The van der Waals surface area contributed by atoms with Gasteiger partial charge in [-0.2, -0.15) is 5.10 Å². The summed E-state index contributed by atoms with van der Waals surface area (Å²) in [6.07, 6.45) is 0. The fourth-order valence-electron chi connectivity index (χ4n) is 2.63. The van der Waals surface area contributed by atoms with Crippen molar-refractivity contribution in [3.8, 4) is 11.5 Å². The standard InChI is InChI=1S/C18H20ClN3O5/c1-10(2)7-22-17(19)16(11(3)21-22)18(24)25-8-15(23)20-12-4-5-13-14(6-12)27-9-26-13/h4-6,10H,7-9H2,1-3H3,(H,20,23). The Labute approximate surface area is 161 Å². The van der Waals surface area contributed by atoms with Crippen LogP contribution >= 0.6 is 11.6 Å². The molecule has 1 amide bonds. The van der Waals surface area contributed by atoms with E-state index in [0.29, 0.717) is 35.3 Å². The zero-order valence-corrected chi connectivity index (χ0v) is 16.0. The van der Waals surface area contributed by atoms with Crippen molar-refractivity contribution in [2.75, 3.05) is 18.7 Å². The molecule has 1 aromatic heterocycles. The Hall–Kier alpha value is -2.74. The number of nitrogens with one attached hydrogen (secondary N) is 1. The number of benzene rings is 1. The van der Waals surface area contributed by atoms with Crippen molar-refractivity contribution in [3.05, 3.63) is 34.6 Å². The SMILES string of the molecule is Cc1nn(CC(C)C)c(Cl)c1C(=O)OCC(=O)Nc1ccc2c(c1)OCO2. The summed E-state index contributed by atoms with van der Waals surface area (Å²) in [5, 5.41) is 7.10. The molecule has 0 unspecified atom stereocenters. The third-order valence-corrected chi connectivity index (χ3v) is 4.18. The second-order valence-corrected chi connectivity index (χ2v) is 6.88. The number of carbonyl (C=O) groups excluding carboxylic acids is 2. The van der Waals surface area contributed by atoms with Crippen LogP contribution in [0, 0.1) is 12.8 Å². The number of carbonyl (C=O) groups is 2. The maximum Gasteiger partial charge on any atom is 0.343 e. The Balaban J connectivity index is 1.59. The summed E-state index contributed by atoms with van der Waals surface area (Å²) in [4.78, 5) is 24.4. The van der Waals surface area contributed by atoms with Crippen LogP contribution in [0.4, 0.5) is 5.69 Å². The molecule has 144 valence electrons. The molecule has 8 nitrogen and oxygen atoms in total. The smallest absolute Gasteiger partial charge is 0.343 e. The van der Waals surface area contributed by atoms with E-state index in [9.17, 15) is 9.59 Å². The van der Waals surface area contributed by atoms with Gasteiger partial charge in [0.15, 0.2) is 18.1 Å². The van der Waals surface area contributed by atoms with E-state index >= 15 is 0 Å². The molecule has 1 N–H and O–H groups in total. The average molecular weight is 394 g/mol. The lowest BCUT2D eigenvalue weighted by Gasteiger charge is -2.08. The lowest BCUT2D eigenvalue weighted by atomic mass is 10.2. The Morgan fingerprint density at radius 2 is 2.07 bits per heavy atom. The third-order valence-electron chi connectivity index (χ3n) is 3.80. The number of hydrogen-bond acceptors (Lipinski definition) is 6. The molecule has 0 saturated carbocycles. The van der Waals surface area contributed by atoms with Gasteiger partial charge >= 0.3 is 5.97 Å². The summed E-state index contributed by atoms with van der Waals surface area (Å²) in [5.41, 5.74) is 1.15. The van der Waals surface area contributed by atoms with Crippen LogP contribution in [0.25, 0.3) is 0 Å². The lowest BCUT2D eigenvalue weighted by Crippen LogP contribution is -2.21. The molecule has 2 heterocycles. The summed E-state index contributed by atoms with van der Waals surface area (Å²) in [6.45, 7) is 5.99. The first-order valence-corrected chi connectivity index (χ1v) is 8.82. The predicted octanol–water partition coefficient (Wildman–Crippen LogP) is 3.03. The molecule has 1 aromatic carbocycles. The number of aromatic nitrogens is 2. The van der Waals surface area contributed by atoms with E-state index in [1.54, 1.807) is 29.8 Å². The van der Waals surface area contributed by atoms with E-state index in [-0.39, 0.29) is 17.5 Å². The molecule has 3 rings (SSSR count). The first-order chi connectivity index (χ1) is 12.8. The Morgan fingerprint density at radius 1 is 1.33 bits per heavy atom. The summed E-state index contributed by atoms with van der Waals surface area (Å²) < 4.78 is 17.1. The first kappa shape index (κ1) is 19.0. The van der Waals surface area contributed by atoms with Crippen molar-refractivity contribution in [1.82, 2.24) is 9.78 Å². The quantitative estimate of drug-likeness (QED) is 0.758. The molecule has 0 radical (unpaired) electrons. The second kappa shape index (κ2) is 7.87. The van der Waals surface area contributed by atoms with Gasteiger partial charge in [0.2, 0.25) is 6.79 Å². The van der Waals surface area contributed by atoms with E-state index < -0.39 is 18.5 Å². The lowest BCUT2D eigenvalue weighted by molar-refractivity contribution is -0.119. The van der Waals surface area contributed by atoms with E-state index in [1.807, 2.05) is 13.8 Å². The Morgan fingerprint density at radius 3 is 2.81 bits per heavy atom. The molecule has 0 bridgehead atoms. The van der Waals surface area contributed by atoms with Crippen molar-refractivity contribution in [1.29, 1.82) is 0 Å². The largest absolute Gasteiger partial charge is 0.454 e.